The second kappa shape index (κ2) is 11.5. The number of aromatic amines is 1. The topological polar surface area (TPSA) is 141 Å². The highest BCUT2D eigenvalue weighted by atomic mass is 35.5. The number of non-ortho nitro benzene ring substituents is 1. The first-order valence-electron chi connectivity index (χ1n) is 13.0. The smallest absolute Gasteiger partial charge is 0.338 e. The summed E-state index contributed by atoms with van der Waals surface area (Å²) < 4.78 is 54.2. The van der Waals surface area contributed by atoms with Crippen molar-refractivity contribution in [2.24, 2.45) is 0 Å². The summed E-state index contributed by atoms with van der Waals surface area (Å²) in [5.41, 5.74) is 1.77. The van der Waals surface area contributed by atoms with Crippen LogP contribution in [0.5, 0.6) is 5.75 Å². The van der Waals surface area contributed by atoms with Gasteiger partial charge in [-0.2, -0.15) is 0 Å². The third kappa shape index (κ3) is 5.58. The summed E-state index contributed by atoms with van der Waals surface area (Å²) in [6.07, 6.45) is 3.13. The number of carbonyl (C=O) groups is 1. The number of halogens is 2. The molecule has 4 aromatic rings. The van der Waals surface area contributed by atoms with Gasteiger partial charge in [-0.1, -0.05) is 29.8 Å². The number of anilines is 1. The van der Waals surface area contributed by atoms with Gasteiger partial charge in [0.2, 0.25) is 9.84 Å². The predicted octanol–water partition coefficient (Wildman–Crippen LogP) is 6.50. The molecule has 2 heterocycles. The van der Waals surface area contributed by atoms with Gasteiger partial charge in [0.25, 0.3) is 10.6 Å². The summed E-state index contributed by atoms with van der Waals surface area (Å²) in [6.45, 7) is 2.83. The Kier molecular flexibility index (Phi) is 8.00. The van der Waals surface area contributed by atoms with Crippen molar-refractivity contribution in [3.63, 3.8) is 0 Å². The van der Waals surface area contributed by atoms with E-state index in [1.54, 1.807) is 37.3 Å². The second-order valence-corrected chi connectivity index (χ2v) is 12.4. The molecule has 0 radical (unpaired) electrons. The van der Waals surface area contributed by atoms with Crippen LogP contribution in [-0.4, -0.2) is 41.9 Å². The number of benzene rings is 3. The van der Waals surface area contributed by atoms with Gasteiger partial charge in [-0.25, -0.2) is 17.6 Å². The number of nitrogens with zero attached hydrogens (tertiary/aromatic N) is 1. The minimum absolute atomic E-state index is 0.00225. The molecule has 43 heavy (non-hydrogen) atoms. The van der Waals surface area contributed by atoms with Gasteiger partial charge in [-0.05, 0) is 67.4 Å². The Labute approximate surface area is 251 Å². The first-order chi connectivity index (χ1) is 20.4. The zero-order chi connectivity index (χ0) is 30.9. The van der Waals surface area contributed by atoms with Gasteiger partial charge in [0, 0.05) is 30.1 Å². The Morgan fingerprint density at radius 1 is 1.19 bits per heavy atom. The van der Waals surface area contributed by atoms with Crippen molar-refractivity contribution in [3.8, 4) is 5.75 Å². The largest absolute Gasteiger partial charge is 0.463 e. The molecule has 0 fully saturated rings. The van der Waals surface area contributed by atoms with Gasteiger partial charge in [-0.3, -0.25) is 10.1 Å². The molecule has 2 atom stereocenters. The highest BCUT2D eigenvalue weighted by Gasteiger charge is 2.56. The average molecular weight is 626 g/mol. The van der Waals surface area contributed by atoms with Crippen molar-refractivity contribution in [2.45, 2.75) is 29.8 Å². The normalized spacial score (nSPS) is 17.3. The fraction of sp³-hybridized carbons (Fsp3) is 0.167. The highest BCUT2D eigenvalue weighted by molar-refractivity contribution is 7.92. The number of nitro benzene ring substituents is 1. The molecule has 3 aromatic carbocycles. The third-order valence-corrected chi connectivity index (χ3v) is 9.76. The number of nitrogens with one attached hydrogen (secondary N) is 2. The van der Waals surface area contributed by atoms with Crippen LogP contribution in [0.4, 0.5) is 15.8 Å². The van der Waals surface area contributed by atoms with Gasteiger partial charge in [0.15, 0.2) is 6.10 Å². The van der Waals surface area contributed by atoms with E-state index in [9.17, 15) is 27.7 Å². The van der Waals surface area contributed by atoms with Gasteiger partial charge in [0.1, 0.15) is 11.6 Å². The number of esters is 1. The SMILES string of the molecule is CC(=Cc1ccc2c(c1)NCC([C@@H](C)OC(=O)c1ccc([N+](=O)[O-])cc1)(S(=O)(=O)c1cc[nH]c1)O2)c1c(F)cccc1Cl. The molecule has 13 heteroatoms. The van der Waals surface area contributed by atoms with E-state index in [1.807, 2.05) is 0 Å². The van der Waals surface area contributed by atoms with Gasteiger partial charge >= 0.3 is 5.97 Å². The van der Waals surface area contributed by atoms with Crippen LogP contribution in [0.15, 0.2) is 84.0 Å². The summed E-state index contributed by atoms with van der Waals surface area (Å²) in [6, 6.07) is 15.5. The van der Waals surface area contributed by atoms with E-state index in [1.165, 1.54) is 49.6 Å². The summed E-state index contributed by atoms with van der Waals surface area (Å²) in [5, 5.41) is 14.3. The molecular formula is C30H25ClFN3O7S. The predicted molar refractivity (Wildman–Crippen MR) is 159 cm³/mol. The van der Waals surface area contributed by atoms with E-state index in [-0.39, 0.29) is 39.0 Å². The maximum absolute atomic E-state index is 14.4. The minimum atomic E-state index is -4.29. The first kappa shape index (κ1) is 29.8. The van der Waals surface area contributed by atoms with Crippen LogP contribution in [-0.2, 0) is 14.6 Å². The monoisotopic (exact) mass is 625 g/mol. The molecule has 2 N–H and O–H groups in total. The lowest BCUT2D eigenvalue weighted by Crippen LogP contribution is -2.60. The van der Waals surface area contributed by atoms with Crippen LogP contribution in [0.2, 0.25) is 5.02 Å². The fourth-order valence-corrected chi connectivity index (χ4v) is 6.94. The number of hydrogen-bond donors (Lipinski definition) is 2. The van der Waals surface area contributed by atoms with Crippen LogP contribution in [0.3, 0.4) is 0 Å². The third-order valence-electron chi connectivity index (χ3n) is 7.10. The number of rotatable bonds is 8. The maximum atomic E-state index is 14.4. The summed E-state index contributed by atoms with van der Waals surface area (Å²) in [5.74, 6) is -1.16. The zero-order valence-electron chi connectivity index (χ0n) is 22.8. The van der Waals surface area contributed by atoms with Crippen LogP contribution in [0.1, 0.15) is 35.3 Å². The van der Waals surface area contributed by atoms with E-state index in [0.29, 0.717) is 16.8 Å². The summed E-state index contributed by atoms with van der Waals surface area (Å²) in [7, 11) is -4.29. The van der Waals surface area contributed by atoms with Crippen molar-refractivity contribution in [3.05, 3.63) is 117 Å². The molecule has 1 aromatic heterocycles. The quantitative estimate of drug-likeness (QED) is 0.0979. The van der Waals surface area contributed by atoms with E-state index >= 15 is 0 Å². The first-order valence-corrected chi connectivity index (χ1v) is 14.8. The Morgan fingerprint density at radius 2 is 1.93 bits per heavy atom. The van der Waals surface area contributed by atoms with E-state index in [4.69, 9.17) is 21.1 Å². The Balaban J connectivity index is 1.47. The highest BCUT2D eigenvalue weighted by Crippen LogP contribution is 2.42. The Morgan fingerprint density at radius 3 is 2.58 bits per heavy atom. The molecule has 222 valence electrons. The van der Waals surface area contributed by atoms with E-state index < -0.39 is 37.6 Å². The second-order valence-electron chi connectivity index (χ2n) is 9.85. The molecule has 1 aliphatic heterocycles. The number of hydrogen-bond acceptors (Lipinski definition) is 8. The molecule has 5 rings (SSSR count). The molecule has 0 amide bonds. The van der Waals surface area contributed by atoms with Crippen molar-refractivity contribution in [2.75, 3.05) is 11.9 Å². The Hall–Kier alpha value is -4.68. The molecule has 1 unspecified atom stereocenters. The van der Waals surface area contributed by atoms with Crippen LogP contribution >= 0.6 is 11.6 Å². The molecule has 0 aliphatic carbocycles. The van der Waals surface area contributed by atoms with Crippen molar-refractivity contribution >= 4 is 50.4 Å². The lowest BCUT2D eigenvalue weighted by atomic mass is 10.0. The summed E-state index contributed by atoms with van der Waals surface area (Å²) in [4.78, 5) is 23.9. The lowest BCUT2D eigenvalue weighted by Gasteiger charge is -2.41. The fourth-order valence-electron chi connectivity index (χ4n) is 4.81. The standard InChI is InChI=1S/C30H25ClFN3O7S/c1-18(28-24(31)4-3-5-25(28)32)14-20-6-11-27-26(15-20)34-17-30(42-27,43(39,40)23-12-13-33-16-23)19(2)41-29(36)21-7-9-22(10-8-21)35(37)38/h3-16,19,33-34H,17H2,1-2H3/t19-,30?/m1/s1. The number of allylic oxidation sites excluding steroid dienone is 1. The zero-order valence-corrected chi connectivity index (χ0v) is 24.4. The molecule has 0 bridgehead atoms. The Bertz CT molecular complexity index is 1820. The number of carbonyl (C=O) groups excluding carboxylic acids is 1. The molecular weight excluding hydrogens is 601 g/mol. The minimum Gasteiger partial charge on any atom is -0.463 e. The molecule has 10 nitrogen and oxygen atoms in total. The van der Waals surface area contributed by atoms with Crippen LogP contribution in [0, 0.1) is 15.9 Å². The molecule has 0 saturated heterocycles. The van der Waals surface area contributed by atoms with Crippen LogP contribution in [0.25, 0.3) is 11.6 Å². The number of fused-ring (bicyclic) bond motifs is 1. The molecule has 1 aliphatic rings. The number of aromatic nitrogens is 1. The van der Waals surface area contributed by atoms with Crippen molar-refractivity contribution in [1.82, 2.24) is 4.98 Å². The van der Waals surface area contributed by atoms with E-state index in [2.05, 4.69) is 10.3 Å². The summed E-state index contributed by atoms with van der Waals surface area (Å²) >= 11 is 6.21. The molecule has 0 saturated carbocycles. The number of nitro groups is 1. The number of H-pyrrole nitrogens is 1. The van der Waals surface area contributed by atoms with Gasteiger partial charge in [0.05, 0.1) is 32.6 Å². The van der Waals surface area contributed by atoms with Crippen molar-refractivity contribution in [1.29, 1.82) is 0 Å². The number of ether oxygens (including phenoxy) is 2. The van der Waals surface area contributed by atoms with Crippen LogP contribution < -0.4 is 10.1 Å². The average Bonchev–Trinajstić information content (AvgIpc) is 3.53. The van der Waals surface area contributed by atoms with Gasteiger partial charge in [-0.15, -0.1) is 0 Å². The maximum Gasteiger partial charge on any atom is 0.338 e. The molecule has 0 spiro atoms. The van der Waals surface area contributed by atoms with Gasteiger partial charge < -0.3 is 19.8 Å². The van der Waals surface area contributed by atoms with Crippen molar-refractivity contribution < 1.29 is 32.0 Å². The van der Waals surface area contributed by atoms with E-state index in [0.717, 1.165) is 12.1 Å². The lowest BCUT2D eigenvalue weighted by molar-refractivity contribution is -0.384. The number of sulfone groups is 1.